The maximum absolute atomic E-state index is 13.5. The lowest BCUT2D eigenvalue weighted by Crippen LogP contribution is -2.50. The van der Waals surface area contributed by atoms with E-state index in [0.29, 0.717) is 27.7 Å². The summed E-state index contributed by atoms with van der Waals surface area (Å²) in [6.07, 6.45) is 6.74. The highest BCUT2D eigenvalue weighted by Gasteiger charge is 2.29. The van der Waals surface area contributed by atoms with Crippen LogP contribution >= 0.6 is 23.2 Å². The summed E-state index contributed by atoms with van der Waals surface area (Å²) in [6, 6.07) is 11.7. The number of aryl methyl sites for hydroxylation is 1. The van der Waals surface area contributed by atoms with Crippen LogP contribution < -0.4 is 9.62 Å². The molecule has 0 bridgehead atoms. The van der Waals surface area contributed by atoms with E-state index >= 15 is 0 Å². The topological polar surface area (TPSA) is 86.8 Å². The largest absolute Gasteiger partial charge is 0.352 e. The van der Waals surface area contributed by atoms with Gasteiger partial charge < -0.3 is 10.2 Å². The zero-order chi connectivity index (χ0) is 27.9. The third-order valence-electron chi connectivity index (χ3n) is 6.95. The Morgan fingerprint density at radius 3 is 2.32 bits per heavy atom. The van der Waals surface area contributed by atoms with E-state index in [-0.39, 0.29) is 37.4 Å². The molecule has 208 valence electrons. The average Bonchev–Trinajstić information content (AvgIpc) is 2.86. The van der Waals surface area contributed by atoms with Crippen LogP contribution in [-0.2, 0) is 26.2 Å². The third-order valence-corrected chi connectivity index (χ3v) is 8.73. The molecule has 10 heteroatoms. The quantitative estimate of drug-likeness (QED) is 0.368. The molecule has 1 aliphatic rings. The van der Waals surface area contributed by atoms with Crippen LogP contribution in [0.15, 0.2) is 42.5 Å². The molecule has 1 unspecified atom stereocenters. The number of anilines is 1. The predicted molar refractivity (Wildman–Crippen MR) is 154 cm³/mol. The number of amides is 2. The lowest BCUT2D eigenvalue weighted by Gasteiger charge is -2.32. The molecule has 0 radical (unpaired) electrons. The highest BCUT2D eigenvalue weighted by atomic mass is 35.5. The van der Waals surface area contributed by atoms with Crippen molar-refractivity contribution in [1.82, 2.24) is 10.2 Å². The molecule has 1 N–H and O–H groups in total. The summed E-state index contributed by atoms with van der Waals surface area (Å²) in [7, 11) is -3.54. The van der Waals surface area contributed by atoms with Gasteiger partial charge in [0.25, 0.3) is 0 Å². The molecule has 1 aliphatic carbocycles. The highest BCUT2D eigenvalue weighted by molar-refractivity contribution is 7.92. The van der Waals surface area contributed by atoms with Gasteiger partial charge in [0, 0.05) is 35.6 Å². The van der Waals surface area contributed by atoms with Gasteiger partial charge in [0.05, 0.1) is 11.9 Å². The van der Waals surface area contributed by atoms with Crippen LogP contribution in [0.2, 0.25) is 10.0 Å². The first-order valence-electron chi connectivity index (χ1n) is 13.0. The van der Waals surface area contributed by atoms with E-state index < -0.39 is 16.1 Å². The predicted octanol–water partition coefficient (Wildman–Crippen LogP) is 5.71. The summed E-state index contributed by atoms with van der Waals surface area (Å²) < 4.78 is 26.2. The number of halogens is 2. The molecule has 0 aromatic heterocycles. The number of nitrogens with one attached hydrogen (secondary N) is 1. The summed E-state index contributed by atoms with van der Waals surface area (Å²) in [5, 5.41) is 4.01. The van der Waals surface area contributed by atoms with Crippen LogP contribution in [0.3, 0.4) is 0 Å². The van der Waals surface area contributed by atoms with Gasteiger partial charge in [-0.25, -0.2) is 8.42 Å². The summed E-state index contributed by atoms with van der Waals surface area (Å²) in [4.78, 5) is 28.2. The fourth-order valence-corrected chi connectivity index (χ4v) is 6.13. The van der Waals surface area contributed by atoms with Crippen molar-refractivity contribution in [1.29, 1.82) is 0 Å². The Morgan fingerprint density at radius 2 is 1.71 bits per heavy atom. The molecule has 0 saturated heterocycles. The minimum absolute atomic E-state index is 0.0736. The number of carbonyl (C=O) groups excluding carboxylic acids is 2. The van der Waals surface area contributed by atoms with Gasteiger partial charge >= 0.3 is 0 Å². The van der Waals surface area contributed by atoms with E-state index in [1.165, 1.54) is 15.6 Å². The maximum atomic E-state index is 13.5. The standard InChI is InChI=1S/C28H37Cl2N3O4S/c1-20-11-15-25(16-12-20)33(38(3,36)37)17-7-10-27(34)32(19-22-13-14-23(29)18-26(22)30)21(2)28(35)31-24-8-5-4-6-9-24/h11-16,18,21,24H,4-10,17,19H2,1-3H3,(H,31,35). The minimum Gasteiger partial charge on any atom is -0.352 e. The molecule has 38 heavy (non-hydrogen) atoms. The van der Waals surface area contributed by atoms with Gasteiger partial charge in [-0.15, -0.1) is 0 Å². The first-order valence-corrected chi connectivity index (χ1v) is 15.6. The third kappa shape index (κ3) is 8.61. The van der Waals surface area contributed by atoms with Crippen molar-refractivity contribution >= 4 is 50.7 Å². The minimum atomic E-state index is -3.54. The van der Waals surface area contributed by atoms with E-state index in [2.05, 4.69) is 5.32 Å². The Kier molecular flexibility index (Phi) is 10.9. The number of hydrogen-bond acceptors (Lipinski definition) is 4. The van der Waals surface area contributed by atoms with E-state index in [0.717, 1.165) is 37.5 Å². The van der Waals surface area contributed by atoms with Gasteiger partial charge in [0.1, 0.15) is 6.04 Å². The van der Waals surface area contributed by atoms with Gasteiger partial charge in [-0.3, -0.25) is 13.9 Å². The van der Waals surface area contributed by atoms with Crippen molar-refractivity contribution in [3.05, 3.63) is 63.6 Å². The SMILES string of the molecule is Cc1ccc(N(CCCC(=O)N(Cc2ccc(Cl)cc2Cl)C(C)C(=O)NC2CCCCC2)S(C)(=O)=O)cc1. The lowest BCUT2D eigenvalue weighted by molar-refractivity contribution is -0.141. The zero-order valence-corrected chi connectivity index (χ0v) is 24.6. The van der Waals surface area contributed by atoms with Crippen LogP contribution in [0.25, 0.3) is 0 Å². The number of sulfonamides is 1. The Morgan fingerprint density at radius 1 is 1.05 bits per heavy atom. The van der Waals surface area contributed by atoms with Gasteiger partial charge in [-0.1, -0.05) is 66.2 Å². The van der Waals surface area contributed by atoms with E-state index in [1.54, 1.807) is 37.3 Å². The first kappa shape index (κ1) is 30.3. The monoisotopic (exact) mass is 581 g/mol. The summed E-state index contributed by atoms with van der Waals surface area (Å²) in [5.74, 6) is -0.451. The highest BCUT2D eigenvalue weighted by Crippen LogP contribution is 2.25. The Labute approximate surface area is 236 Å². The Hall–Kier alpha value is -2.29. The van der Waals surface area contributed by atoms with E-state index in [1.807, 2.05) is 19.1 Å². The molecule has 2 aromatic rings. The molecule has 0 spiro atoms. The molecule has 2 amide bonds. The number of hydrogen-bond donors (Lipinski definition) is 1. The van der Waals surface area contributed by atoms with Gasteiger partial charge in [0.2, 0.25) is 21.8 Å². The van der Waals surface area contributed by atoms with E-state index in [4.69, 9.17) is 23.2 Å². The molecule has 1 atom stereocenters. The second-order valence-electron chi connectivity index (χ2n) is 10.1. The number of carbonyl (C=O) groups is 2. The van der Waals surface area contributed by atoms with Crippen molar-refractivity contribution in [2.45, 2.75) is 77.4 Å². The molecule has 0 heterocycles. The summed E-state index contributed by atoms with van der Waals surface area (Å²) >= 11 is 12.4. The second-order valence-corrected chi connectivity index (χ2v) is 12.8. The molecule has 0 aliphatic heterocycles. The Bertz CT molecular complexity index is 1220. The van der Waals surface area contributed by atoms with Gasteiger partial charge in [-0.2, -0.15) is 0 Å². The van der Waals surface area contributed by atoms with Crippen molar-refractivity contribution in [3.63, 3.8) is 0 Å². The fraction of sp³-hybridized carbons (Fsp3) is 0.500. The van der Waals surface area contributed by atoms with Crippen LogP contribution in [0.1, 0.15) is 63.0 Å². The van der Waals surface area contributed by atoms with E-state index in [9.17, 15) is 18.0 Å². The van der Waals surface area contributed by atoms with Gasteiger partial charge in [-0.05, 0) is 62.9 Å². The molecule has 3 rings (SSSR count). The zero-order valence-electron chi connectivity index (χ0n) is 22.3. The second kappa shape index (κ2) is 13.7. The molecule has 2 aromatic carbocycles. The van der Waals surface area contributed by atoms with Crippen LogP contribution in [-0.4, -0.2) is 50.0 Å². The lowest BCUT2D eigenvalue weighted by atomic mass is 9.95. The number of rotatable bonds is 11. The molecule has 7 nitrogen and oxygen atoms in total. The number of benzene rings is 2. The fourth-order valence-electron chi connectivity index (χ4n) is 4.70. The summed E-state index contributed by atoms with van der Waals surface area (Å²) in [5.41, 5.74) is 2.25. The van der Waals surface area contributed by atoms with Crippen LogP contribution in [0, 0.1) is 6.92 Å². The molecular formula is C28H37Cl2N3O4S. The summed E-state index contributed by atoms with van der Waals surface area (Å²) in [6.45, 7) is 3.93. The van der Waals surface area contributed by atoms with Crippen LogP contribution in [0.4, 0.5) is 5.69 Å². The molecule has 1 saturated carbocycles. The first-order chi connectivity index (χ1) is 18.0. The normalized spacial score (nSPS) is 15.1. The van der Waals surface area contributed by atoms with Gasteiger partial charge in [0.15, 0.2) is 0 Å². The number of nitrogens with zero attached hydrogens (tertiary/aromatic N) is 2. The average molecular weight is 583 g/mol. The van der Waals surface area contributed by atoms with Crippen molar-refractivity contribution in [3.8, 4) is 0 Å². The smallest absolute Gasteiger partial charge is 0.242 e. The molecule has 1 fully saturated rings. The maximum Gasteiger partial charge on any atom is 0.242 e. The van der Waals surface area contributed by atoms with Crippen molar-refractivity contribution in [2.75, 3.05) is 17.1 Å². The van der Waals surface area contributed by atoms with Crippen LogP contribution in [0.5, 0.6) is 0 Å². The molecular weight excluding hydrogens is 545 g/mol. The Balaban J connectivity index is 1.74. The van der Waals surface area contributed by atoms with Crippen molar-refractivity contribution < 1.29 is 18.0 Å². The van der Waals surface area contributed by atoms with Crippen molar-refractivity contribution in [2.24, 2.45) is 0 Å².